The molecule has 1 aliphatic carbocycles. The van der Waals surface area contributed by atoms with E-state index in [1.165, 1.54) is 26.4 Å². The van der Waals surface area contributed by atoms with Crippen LogP contribution in [0.4, 0.5) is 4.79 Å². The second-order valence-corrected chi connectivity index (χ2v) is 3.50. The quantitative estimate of drug-likeness (QED) is 0.654. The molecular weight excluding hydrogens is 154 g/mol. The van der Waals surface area contributed by atoms with Crippen LogP contribution in [0.25, 0.3) is 0 Å². The van der Waals surface area contributed by atoms with Crippen LogP contribution in [0, 0.1) is 5.92 Å². The average Bonchev–Trinajstić information content (AvgIpc) is 2.09. The summed E-state index contributed by atoms with van der Waals surface area (Å²) in [6.45, 7) is 2.18. The first-order valence-corrected chi connectivity index (χ1v) is 4.58. The number of ether oxygens (including phenoxy) is 1. The van der Waals surface area contributed by atoms with Crippen molar-refractivity contribution in [1.82, 2.24) is 5.32 Å². The lowest BCUT2D eigenvalue weighted by Gasteiger charge is -2.28. The van der Waals surface area contributed by atoms with Crippen LogP contribution in [-0.4, -0.2) is 19.2 Å². The Hall–Kier alpha value is -0.730. The van der Waals surface area contributed by atoms with Crippen molar-refractivity contribution < 1.29 is 9.53 Å². The summed E-state index contributed by atoms with van der Waals surface area (Å²) in [6.07, 6.45) is 4.53. The summed E-state index contributed by atoms with van der Waals surface area (Å²) < 4.78 is 4.55. The Morgan fingerprint density at radius 1 is 1.42 bits per heavy atom. The molecule has 1 aliphatic rings. The molecule has 0 unspecified atom stereocenters. The first kappa shape index (κ1) is 9.36. The summed E-state index contributed by atoms with van der Waals surface area (Å²) in [6, 6.07) is 0.325. The monoisotopic (exact) mass is 171 g/mol. The number of nitrogens with one attached hydrogen (secondary N) is 1. The average molecular weight is 171 g/mol. The van der Waals surface area contributed by atoms with E-state index in [0.717, 1.165) is 6.42 Å². The molecule has 1 N–H and O–H groups in total. The molecule has 0 aromatic heterocycles. The van der Waals surface area contributed by atoms with Crippen LogP contribution in [0.3, 0.4) is 0 Å². The van der Waals surface area contributed by atoms with Gasteiger partial charge in [-0.15, -0.1) is 0 Å². The van der Waals surface area contributed by atoms with Crippen LogP contribution < -0.4 is 5.32 Å². The van der Waals surface area contributed by atoms with Crippen molar-refractivity contribution in [3.05, 3.63) is 0 Å². The zero-order chi connectivity index (χ0) is 8.97. The van der Waals surface area contributed by atoms with Crippen LogP contribution in [0.2, 0.25) is 0 Å². The number of carbonyl (C=O) groups excluding carboxylic acids is 1. The van der Waals surface area contributed by atoms with Gasteiger partial charge in [-0.3, -0.25) is 0 Å². The lowest BCUT2D eigenvalue weighted by Crippen LogP contribution is -2.40. The van der Waals surface area contributed by atoms with Gasteiger partial charge in [-0.1, -0.05) is 19.8 Å². The SMILES string of the molecule is COC(=O)N[C@@H]1CCCC[C@H]1C. The number of hydrogen-bond acceptors (Lipinski definition) is 2. The molecule has 1 fully saturated rings. The normalized spacial score (nSPS) is 29.5. The number of methoxy groups -OCH3 is 1. The highest BCUT2D eigenvalue weighted by Crippen LogP contribution is 2.23. The van der Waals surface area contributed by atoms with Gasteiger partial charge < -0.3 is 10.1 Å². The molecule has 1 saturated carbocycles. The van der Waals surface area contributed by atoms with Gasteiger partial charge in [0, 0.05) is 6.04 Å². The van der Waals surface area contributed by atoms with Crippen molar-refractivity contribution in [2.45, 2.75) is 38.6 Å². The molecule has 1 amide bonds. The van der Waals surface area contributed by atoms with Gasteiger partial charge in [0.05, 0.1) is 7.11 Å². The Labute approximate surface area is 73.5 Å². The molecule has 0 bridgehead atoms. The van der Waals surface area contributed by atoms with Gasteiger partial charge in [-0.25, -0.2) is 4.79 Å². The summed E-state index contributed by atoms with van der Waals surface area (Å²) in [7, 11) is 1.41. The number of carbonyl (C=O) groups is 1. The minimum absolute atomic E-state index is 0.297. The van der Waals surface area contributed by atoms with Gasteiger partial charge >= 0.3 is 6.09 Å². The van der Waals surface area contributed by atoms with Crippen molar-refractivity contribution in [1.29, 1.82) is 0 Å². The minimum Gasteiger partial charge on any atom is -0.453 e. The van der Waals surface area contributed by atoms with Crippen molar-refractivity contribution in [3.63, 3.8) is 0 Å². The fourth-order valence-electron chi connectivity index (χ4n) is 1.74. The van der Waals surface area contributed by atoms with Crippen molar-refractivity contribution >= 4 is 6.09 Å². The third-order valence-electron chi connectivity index (χ3n) is 2.60. The van der Waals surface area contributed by atoms with Crippen LogP contribution in [0.1, 0.15) is 32.6 Å². The Morgan fingerprint density at radius 2 is 2.08 bits per heavy atom. The van der Waals surface area contributed by atoms with Crippen LogP contribution in [0.15, 0.2) is 0 Å². The van der Waals surface area contributed by atoms with E-state index in [1.54, 1.807) is 0 Å². The smallest absolute Gasteiger partial charge is 0.407 e. The van der Waals surface area contributed by atoms with E-state index in [9.17, 15) is 4.79 Å². The maximum absolute atomic E-state index is 10.9. The lowest BCUT2D eigenvalue weighted by molar-refractivity contribution is 0.156. The van der Waals surface area contributed by atoms with E-state index in [4.69, 9.17) is 0 Å². The Bertz CT molecular complexity index is 159. The highest BCUT2D eigenvalue weighted by atomic mass is 16.5. The maximum Gasteiger partial charge on any atom is 0.407 e. The largest absolute Gasteiger partial charge is 0.453 e. The van der Waals surface area contributed by atoms with Gasteiger partial charge in [0.2, 0.25) is 0 Å². The summed E-state index contributed by atoms with van der Waals surface area (Å²) in [5.41, 5.74) is 0. The molecule has 1 rings (SSSR count). The number of amides is 1. The molecule has 0 aromatic rings. The van der Waals surface area contributed by atoms with Gasteiger partial charge in [0.25, 0.3) is 0 Å². The van der Waals surface area contributed by atoms with Gasteiger partial charge in [-0.2, -0.15) is 0 Å². The van der Waals surface area contributed by atoms with E-state index in [-0.39, 0.29) is 6.09 Å². The second kappa shape index (κ2) is 4.33. The standard InChI is InChI=1S/C9H17NO2/c1-7-5-3-4-6-8(7)10-9(11)12-2/h7-8H,3-6H2,1-2H3,(H,10,11)/t7-,8-/m1/s1. The van der Waals surface area contributed by atoms with E-state index in [1.807, 2.05) is 0 Å². The predicted molar refractivity (Wildman–Crippen MR) is 47.0 cm³/mol. The molecule has 12 heavy (non-hydrogen) atoms. The number of hydrogen-bond donors (Lipinski definition) is 1. The van der Waals surface area contributed by atoms with Crippen molar-refractivity contribution in [2.75, 3.05) is 7.11 Å². The van der Waals surface area contributed by atoms with Crippen LogP contribution in [-0.2, 0) is 4.74 Å². The molecule has 2 atom stereocenters. The molecule has 0 heterocycles. The highest BCUT2D eigenvalue weighted by Gasteiger charge is 2.22. The third kappa shape index (κ3) is 2.40. The maximum atomic E-state index is 10.9. The molecule has 3 heteroatoms. The summed E-state index contributed by atoms with van der Waals surface area (Å²) >= 11 is 0. The Morgan fingerprint density at radius 3 is 2.67 bits per heavy atom. The third-order valence-corrected chi connectivity index (χ3v) is 2.60. The summed E-state index contributed by atoms with van der Waals surface area (Å²) in [5, 5.41) is 2.86. The zero-order valence-electron chi connectivity index (χ0n) is 7.80. The van der Waals surface area contributed by atoms with Gasteiger partial charge in [-0.05, 0) is 18.8 Å². The Balaban J connectivity index is 2.33. The molecule has 3 nitrogen and oxygen atoms in total. The fraction of sp³-hybridized carbons (Fsp3) is 0.889. The second-order valence-electron chi connectivity index (χ2n) is 3.50. The molecule has 0 aliphatic heterocycles. The summed E-state index contributed by atoms with van der Waals surface area (Å²) in [4.78, 5) is 10.9. The first-order chi connectivity index (χ1) is 5.74. The molecular formula is C9H17NO2. The first-order valence-electron chi connectivity index (χ1n) is 4.58. The topological polar surface area (TPSA) is 38.3 Å². The highest BCUT2D eigenvalue weighted by molar-refractivity contribution is 5.67. The van der Waals surface area contributed by atoms with Crippen molar-refractivity contribution in [3.8, 4) is 0 Å². The molecule has 0 spiro atoms. The summed E-state index contributed by atoms with van der Waals surface area (Å²) in [5.74, 6) is 0.595. The van der Waals surface area contributed by atoms with Crippen LogP contribution in [0.5, 0.6) is 0 Å². The zero-order valence-corrected chi connectivity index (χ0v) is 7.80. The van der Waals surface area contributed by atoms with E-state index in [2.05, 4.69) is 17.0 Å². The van der Waals surface area contributed by atoms with E-state index in [0.29, 0.717) is 12.0 Å². The van der Waals surface area contributed by atoms with Crippen molar-refractivity contribution in [2.24, 2.45) is 5.92 Å². The molecule has 0 radical (unpaired) electrons. The number of rotatable bonds is 1. The lowest BCUT2D eigenvalue weighted by atomic mass is 9.86. The Kier molecular flexibility index (Phi) is 3.38. The van der Waals surface area contributed by atoms with E-state index >= 15 is 0 Å². The van der Waals surface area contributed by atoms with Crippen LogP contribution >= 0.6 is 0 Å². The molecule has 0 saturated heterocycles. The molecule has 70 valence electrons. The van der Waals surface area contributed by atoms with Gasteiger partial charge in [0.15, 0.2) is 0 Å². The van der Waals surface area contributed by atoms with Gasteiger partial charge in [0.1, 0.15) is 0 Å². The molecule has 0 aromatic carbocycles. The minimum atomic E-state index is -0.297. The predicted octanol–water partition coefficient (Wildman–Crippen LogP) is 1.92. The fourth-order valence-corrected chi connectivity index (χ4v) is 1.74. The number of alkyl carbamates (subject to hydrolysis) is 1. The van der Waals surface area contributed by atoms with E-state index < -0.39 is 0 Å².